The molecule has 1 rings (SSSR count). The van der Waals surface area contributed by atoms with Gasteiger partial charge < -0.3 is 15.2 Å². The number of benzene rings is 1. The maximum Gasteiger partial charge on any atom is 0.269 e. The first kappa shape index (κ1) is 20.0. The highest BCUT2D eigenvalue weighted by Gasteiger charge is 2.07. The summed E-state index contributed by atoms with van der Waals surface area (Å²) in [7, 11) is 1.63. The second-order valence-corrected chi connectivity index (χ2v) is 4.91. The molecule has 0 aliphatic rings. The molecule has 0 saturated heterocycles. The highest BCUT2D eigenvalue weighted by molar-refractivity contribution is 5.64. The number of non-ortho nitro benzene ring substituents is 1. The average Bonchev–Trinajstić information content (AvgIpc) is 2.59. The predicted molar refractivity (Wildman–Crippen MR) is 91.1 cm³/mol. The summed E-state index contributed by atoms with van der Waals surface area (Å²) in [4.78, 5) is 15.6. The third-order valence-corrected chi connectivity index (χ3v) is 3.06. The molecule has 8 heteroatoms. The van der Waals surface area contributed by atoms with Crippen LogP contribution in [0.1, 0.15) is 18.4 Å². The number of nitro groups is 1. The van der Waals surface area contributed by atoms with Crippen LogP contribution in [0.3, 0.4) is 0 Å². The predicted octanol–water partition coefficient (Wildman–Crippen LogP) is 1.86. The van der Waals surface area contributed by atoms with Gasteiger partial charge in [0.1, 0.15) is 0 Å². The van der Waals surface area contributed by atoms with E-state index in [2.05, 4.69) is 5.48 Å². The number of methoxy groups -OCH3 is 1. The van der Waals surface area contributed by atoms with E-state index in [9.17, 15) is 10.1 Å². The van der Waals surface area contributed by atoms with Gasteiger partial charge in [-0.2, -0.15) is 0 Å². The Morgan fingerprint density at radius 3 is 2.62 bits per heavy atom. The topological polar surface area (TPSA) is 109 Å². The van der Waals surface area contributed by atoms with Gasteiger partial charge in [-0.1, -0.05) is 6.08 Å². The van der Waals surface area contributed by atoms with Crippen LogP contribution in [-0.4, -0.2) is 45.0 Å². The lowest BCUT2D eigenvalue weighted by molar-refractivity contribution is -0.384. The van der Waals surface area contributed by atoms with Crippen LogP contribution in [0.15, 0.2) is 30.3 Å². The van der Waals surface area contributed by atoms with Gasteiger partial charge in [-0.05, 0) is 25.0 Å². The minimum atomic E-state index is -0.428. The standard InChI is InChI=1S/C16H25N3O5/c1-22-12-13-23-10-3-2-4-16(18-24-11-9-17)14-5-7-15(8-6-14)19(20)21/h4-8,18H,2-3,9-13,17H2,1H3. The number of rotatable bonds is 13. The monoisotopic (exact) mass is 339 g/mol. The summed E-state index contributed by atoms with van der Waals surface area (Å²) in [5.41, 5.74) is 9.85. The zero-order valence-corrected chi connectivity index (χ0v) is 13.9. The van der Waals surface area contributed by atoms with Crippen molar-refractivity contribution in [1.82, 2.24) is 5.48 Å². The van der Waals surface area contributed by atoms with Crippen molar-refractivity contribution < 1.29 is 19.2 Å². The molecule has 0 spiro atoms. The lowest BCUT2D eigenvalue weighted by Crippen LogP contribution is -2.18. The molecule has 24 heavy (non-hydrogen) atoms. The summed E-state index contributed by atoms with van der Waals surface area (Å²) in [6.45, 7) is 2.56. The van der Waals surface area contributed by atoms with Crippen molar-refractivity contribution in [2.75, 3.05) is 40.1 Å². The van der Waals surface area contributed by atoms with E-state index < -0.39 is 4.92 Å². The molecule has 0 atom stereocenters. The molecule has 1 aromatic rings. The Morgan fingerprint density at radius 1 is 1.25 bits per heavy atom. The third-order valence-electron chi connectivity index (χ3n) is 3.06. The van der Waals surface area contributed by atoms with Gasteiger partial charge >= 0.3 is 0 Å². The number of hydroxylamine groups is 1. The van der Waals surface area contributed by atoms with Crippen LogP contribution in [0, 0.1) is 10.1 Å². The van der Waals surface area contributed by atoms with Gasteiger partial charge in [-0.25, -0.2) is 0 Å². The third kappa shape index (κ3) is 8.02. The number of nitrogens with zero attached hydrogens (tertiary/aromatic N) is 1. The molecule has 0 aliphatic heterocycles. The normalized spacial score (nSPS) is 11.5. The minimum absolute atomic E-state index is 0.0486. The van der Waals surface area contributed by atoms with E-state index in [1.54, 1.807) is 19.2 Å². The van der Waals surface area contributed by atoms with Crippen molar-refractivity contribution in [1.29, 1.82) is 0 Å². The first-order valence-electron chi connectivity index (χ1n) is 7.78. The smallest absolute Gasteiger partial charge is 0.269 e. The zero-order chi connectivity index (χ0) is 17.6. The Kier molecular flexibility index (Phi) is 10.4. The van der Waals surface area contributed by atoms with Gasteiger partial charge in [-0.15, -0.1) is 0 Å². The highest BCUT2D eigenvalue weighted by atomic mass is 16.6. The molecule has 0 bridgehead atoms. The van der Waals surface area contributed by atoms with Crippen LogP contribution in [0.25, 0.3) is 5.70 Å². The molecule has 0 amide bonds. The van der Waals surface area contributed by atoms with Crippen molar-refractivity contribution in [2.24, 2.45) is 5.73 Å². The average molecular weight is 339 g/mol. The van der Waals surface area contributed by atoms with Crippen LogP contribution in [0.2, 0.25) is 0 Å². The van der Waals surface area contributed by atoms with E-state index in [1.807, 2.05) is 6.08 Å². The van der Waals surface area contributed by atoms with Crippen molar-refractivity contribution in [3.63, 3.8) is 0 Å². The molecule has 1 aromatic carbocycles. The number of hydrogen-bond donors (Lipinski definition) is 2. The molecular weight excluding hydrogens is 314 g/mol. The number of nitrogens with one attached hydrogen (secondary N) is 1. The van der Waals surface area contributed by atoms with Crippen LogP contribution in [-0.2, 0) is 14.3 Å². The van der Waals surface area contributed by atoms with E-state index in [4.69, 9.17) is 20.0 Å². The maximum absolute atomic E-state index is 10.7. The largest absolute Gasteiger partial charge is 0.382 e. The zero-order valence-electron chi connectivity index (χ0n) is 13.9. The van der Waals surface area contributed by atoms with Crippen LogP contribution in [0.4, 0.5) is 5.69 Å². The fourth-order valence-electron chi connectivity index (χ4n) is 1.84. The number of hydrogen-bond acceptors (Lipinski definition) is 7. The molecule has 0 unspecified atom stereocenters. The van der Waals surface area contributed by atoms with Gasteiger partial charge in [0.2, 0.25) is 0 Å². The Bertz CT molecular complexity index is 505. The Hall–Kier alpha value is -2.00. The maximum atomic E-state index is 10.7. The second-order valence-electron chi connectivity index (χ2n) is 4.91. The van der Waals surface area contributed by atoms with Gasteiger partial charge in [-0.3, -0.25) is 20.4 Å². The minimum Gasteiger partial charge on any atom is -0.382 e. The molecule has 134 valence electrons. The fourth-order valence-corrected chi connectivity index (χ4v) is 1.84. The van der Waals surface area contributed by atoms with Gasteiger partial charge in [0, 0.05) is 38.0 Å². The Balaban J connectivity index is 2.58. The molecule has 0 aliphatic carbocycles. The van der Waals surface area contributed by atoms with Crippen LogP contribution < -0.4 is 11.2 Å². The molecule has 0 heterocycles. The molecule has 0 aromatic heterocycles. The SMILES string of the molecule is COCCOCCCC=C(NOCCN)c1ccc([N+](=O)[O-])cc1. The Morgan fingerprint density at radius 2 is 2.00 bits per heavy atom. The number of nitro benzene ring substituents is 1. The van der Waals surface area contributed by atoms with Crippen molar-refractivity contribution in [3.05, 3.63) is 46.0 Å². The lowest BCUT2D eigenvalue weighted by Gasteiger charge is -2.11. The number of ether oxygens (including phenoxy) is 2. The summed E-state index contributed by atoms with van der Waals surface area (Å²) >= 11 is 0. The molecular formula is C16H25N3O5. The first-order chi connectivity index (χ1) is 11.7. The van der Waals surface area contributed by atoms with Gasteiger partial charge in [0.05, 0.1) is 30.4 Å². The summed E-state index contributed by atoms with van der Waals surface area (Å²) in [5, 5.41) is 10.7. The van der Waals surface area contributed by atoms with Crippen LogP contribution in [0.5, 0.6) is 0 Å². The molecule has 0 fully saturated rings. The van der Waals surface area contributed by atoms with Gasteiger partial charge in [0.25, 0.3) is 5.69 Å². The van der Waals surface area contributed by atoms with Crippen LogP contribution >= 0.6 is 0 Å². The molecule has 0 radical (unpaired) electrons. The fraction of sp³-hybridized carbons (Fsp3) is 0.500. The molecule has 8 nitrogen and oxygen atoms in total. The number of unbranched alkanes of at least 4 members (excludes halogenated alkanes) is 1. The quantitative estimate of drug-likeness (QED) is 0.321. The highest BCUT2D eigenvalue weighted by Crippen LogP contribution is 2.18. The van der Waals surface area contributed by atoms with E-state index in [1.165, 1.54) is 12.1 Å². The van der Waals surface area contributed by atoms with E-state index in [-0.39, 0.29) is 5.69 Å². The van der Waals surface area contributed by atoms with Crippen molar-refractivity contribution >= 4 is 11.4 Å². The second kappa shape index (κ2) is 12.4. The molecule has 3 N–H and O–H groups in total. The number of allylic oxidation sites excluding steroid dienone is 1. The van der Waals surface area contributed by atoms with E-state index >= 15 is 0 Å². The Labute approximate surface area is 141 Å². The first-order valence-corrected chi connectivity index (χ1v) is 7.78. The number of nitrogens with two attached hydrogens (primary N) is 1. The van der Waals surface area contributed by atoms with Gasteiger partial charge in [0.15, 0.2) is 0 Å². The van der Waals surface area contributed by atoms with E-state index in [0.29, 0.717) is 33.0 Å². The summed E-state index contributed by atoms with van der Waals surface area (Å²) in [6.07, 6.45) is 3.59. The van der Waals surface area contributed by atoms with Crippen molar-refractivity contribution in [2.45, 2.75) is 12.8 Å². The summed E-state index contributed by atoms with van der Waals surface area (Å²) < 4.78 is 10.3. The molecule has 0 saturated carbocycles. The van der Waals surface area contributed by atoms with E-state index in [0.717, 1.165) is 24.1 Å². The summed E-state index contributed by atoms with van der Waals surface area (Å²) in [5.74, 6) is 0. The lowest BCUT2D eigenvalue weighted by atomic mass is 10.1. The van der Waals surface area contributed by atoms with Crippen molar-refractivity contribution in [3.8, 4) is 0 Å². The summed E-state index contributed by atoms with van der Waals surface area (Å²) in [6, 6.07) is 6.28.